The monoisotopic (exact) mass is 277 g/mol. The van der Waals surface area contributed by atoms with Gasteiger partial charge in [0.1, 0.15) is 0 Å². The van der Waals surface area contributed by atoms with Crippen LogP contribution in [0.1, 0.15) is 20.3 Å². The number of carbonyl (C=O) groups is 1. The number of nitrogens with two attached hydrogens (primary N) is 1. The van der Waals surface area contributed by atoms with Gasteiger partial charge in [0.15, 0.2) is 9.84 Å². The smallest absolute Gasteiger partial charge is 0.237 e. The van der Waals surface area contributed by atoms with Crippen molar-refractivity contribution in [1.29, 1.82) is 0 Å². The second-order valence-electron chi connectivity index (χ2n) is 4.97. The summed E-state index contributed by atoms with van der Waals surface area (Å²) in [6.07, 6.45) is 0.593. The predicted octanol–water partition coefficient (Wildman–Crippen LogP) is -1.04. The van der Waals surface area contributed by atoms with Crippen molar-refractivity contribution in [1.82, 2.24) is 10.2 Å². The van der Waals surface area contributed by atoms with Crippen LogP contribution in [0.15, 0.2) is 0 Å². The number of nitrogens with one attached hydrogen (secondary N) is 1. The van der Waals surface area contributed by atoms with Crippen LogP contribution in [0.5, 0.6) is 0 Å². The lowest BCUT2D eigenvalue weighted by Crippen LogP contribution is -2.55. The van der Waals surface area contributed by atoms with E-state index in [-0.39, 0.29) is 17.4 Å². The van der Waals surface area contributed by atoms with Gasteiger partial charge >= 0.3 is 0 Å². The first-order valence-corrected chi connectivity index (χ1v) is 8.09. The Bertz CT molecular complexity index is 382. The van der Waals surface area contributed by atoms with Crippen molar-refractivity contribution in [2.24, 2.45) is 5.73 Å². The molecule has 0 aromatic rings. The molecule has 0 bridgehead atoms. The maximum Gasteiger partial charge on any atom is 0.237 e. The molecule has 7 heteroatoms. The molecule has 6 nitrogen and oxygen atoms in total. The van der Waals surface area contributed by atoms with Gasteiger partial charge in [-0.1, -0.05) is 6.92 Å². The molecule has 1 fully saturated rings. The summed E-state index contributed by atoms with van der Waals surface area (Å²) in [6.45, 7) is 6.16. The van der Waals surface area contributed by atoms with Crippen LogP contribution in [0.25, 0.3) is 0 Å². The molecule has 1 amide bonds. The minimum Gasteiger partial charge on any atom is -0.368 e. The molecule has 106 valence electrons. The van der Waals surface area contributed by atoms with E-state index in [0.29, 0.717) is 32.6 Å². The Kier molecular flexibility index (Phi) is 5.12. The summed E-state index contributed by atoms with van der Waals surface area (Å²) in [5.74, 6) is 0.0529. The highest BCUT2D eigenvalue weighted by atomic mass is 32.2. The van der Waals surface area contributed by atoms with Gasteiger partial charge in [0.2, 0.25) is 5.91 Å². The Hall–Kier alpha value is -0.660. The summed E-state index contributed by atoms with van der Waals surface area (Å²) in [5.41, 5.74) is 4.68. The van der Waals surface area contributed by atoms with Crippen LogP contribution in [0, 0.1) is 0 Å². The van der Waals surface area contributed by atoms with Crippen LogP contribution in [0.4, 0.5) is 0 Å². The molecular formula is C11H23N3O3S. The van der Waals surface area contributed by atoms with Gasteiger partial charge in [0.25, 0.3) is 0 Å². The molecule has 1 rings (SSSR count). The molecule has 1 atom stereocenters. The van der Waals surface area contributed by atoms with Gasteiger partial charge < -0.3 is 16.0 Å². The fraction of sp³-hybridized carbons (Fsp3) is 0.909. The fourth-order valence-electron chi connectivity index (χ4n) is 2.04. The standard InChI is InChI=1S/C11H23N3O3S/c1-3-13-11(2,10(12)15)4-5-14-6-8-18(16,17)9-7-14/h13H,3-9H2,1-2H3,(H2,12,15). The second kappa shape index (κ2) is 5.99. The third kappa shape index (κ3) is 4.22. The zero-order chi connectivity index (χ0) is 13.8. The van der Waals surface area contributed by atoms with Crippen LogP contribution in [-0.2, 0) is 14.6 Å². The summed E-state index contributed by atoms with van der Waals surface area (Å²) in [4.78, 5) is 13.5. The first-order chi connectivity index (χ1) is 8.29. The lowest BCUT2D eigenvalue weighted by atomic mass is 9.96. The molecule has 0 aromatic heterocycles. The number of rotatable bonds is 6. The largest absolute Gasteiger partial charge is 0.368 e. The molecular weight excluding hydrogens is 254 g/mol. The van der Waals surface area contributed by atoms with E-state index in [4.69, 9.17) is 5.73 Å². The number of primary amides is 1. The fourth-order valence-corrected chi connectivity index (χ4v) is 3.32. The topological polar surface area (TPSA) is 92.5 Å². The van der Waals surface area contributed by atoms with Gasteiger partial charge in [-0.25, -0.2) is 8.42 Å². The van der Waals surface area contributed by atoms with Crippen LogP contribution in [0.3, 0.4) is 0 Å². The lowest BCUT2D eigenvalue weighted by Gasteiger charge is -2.32. The van der Waals surface area contributed by atoms with Gasteiger partial charge in [0, 0.05) is 19.6 Å². The molecule has 0 spiro atoms. The summed E-state index contributed by atoms with van der Waals surface area (Å²) < 4.78 is 22.6. The van der Waals surface area contributed by atoms with E-state index < -0.39 is 15.4 Å². The molecule has 1 aliphatic heterocycles. The third-order valence-electron chi connectivity index (χ3n) is 3.48. The third-order valence-corrected chi connectivity index (χ3v) is 5.09. The van der Waals surface area contributed by atoms with Crippen LogP contribution in [-0.4, -0.2) is 62.4 Å². The summed E-state index contributed by atoms with van der Waals surface area (Å²) in [7, 11) is -2.84. The van der Waals surface area contributed by atoms with E-state index in [1.807, 2.05) is 6.92 Å². The number of sulfone groups is 1. The lowest BCUT2D eigenvalue weighted by molar-refractivity contribution is -0.124. The SMILES string of the molecule is CCNC(C)(CCN1CCS(=O)(=O)CC1)C(N)=O. The number of hydrogen-bond donors (Lipinski definition) is 2. The number of amides is 1. The van der Waals surface area contributed by atoms with Crippen molar-refractivity contribution in [3.8, 4) is 0 Å². The van der Waals surface area contributed by atoms with Crippen LogP contribution < -0.4 is 11.1 Å². The zero-order valence-electron chi connectivity index (χ0n) is 11.1. The molecule has 3 N–H and O–H groups in total. The highest BCUT2D eigenvalue weighted by molar-refractivity contribution is 7.91. The highest BCUT2D eigenvalue weighted by Gasteiger charge is 2.31. The summed E-state index contributed by atoms with van der Waals surface area (Å²) in [6, 6.07) is 0. The minimum absolute atomic E-state index is 0.210. The maximum atomic E-state index is 11.4. The molecule has 18 heavy (non-hydrogen) atoms. The Morgan fingerprint density at radius 3 is 2.39 bits per heavy atom. The van der Waals surface area contributed by atoms with E-state index in [0.717, 1.165) is 0 Å². The summed E-state index contributed by atoms with van der Waals surface area (Å²) >= 11 is 0. The van der Waals surface area contributed by atoms with Gasteiger partial charge in [-0.2, -0.15) is 0 Å². The molecule has 0 aliphatic carbocycles. The van der Waals surface area contributed by atoms with Crippen LogP contribution in [0.2, 0.25) is 0 Å². The molecule has 1 aliphatic rings. The van der Waals surface area contributed by atoms with Gasteiger partial charge in [-0.15, -0.1) is 0 Å². The van der Waals surface area contributed by atoms with Crippen molar-refractivity contribution >= 4 is 15.7 Å². The molecule has 1 saturated heterocycles. The Labute approximate surface area is 109 Å². The Balaban J connectivity index is 2.47. The van der Waals surface area contributed by atoms with Crippen molar-refractivity contribution in [3.63, 3.8) is 0 Å². The molecule has 0 saturated carbocycles. The van der Waals surface area contributed by atoms with Gasteiger partial charge in [0.05, 0.1) is 17.0 Å². The molecule has 0 aromatic carbocycles. The van der Waals surface area contributed by atoms with Gasteiger partial charge in [-0.3, -0.25) is 4.79 Å². The Morgan fingerprint density at radius 1 is 1.39 bits per heavy atom. The molecule has 1 unspecified atom stereocenters. The van der Waals surface area contributed by atoms with Crippen molar-refractivity contribution in [2.45, 2.75) is 25.8 Å². The van der Waals surface area contributed by atoms with E-state index in [1.165, 1.54) is 0 Å². The van der Waals surface area contributed by atoms with E-state index >= 15 is 0 Å². The maximum absolute atomic E-state index is 11.4. The highest BCUT2D eigenvalue weighted by Crippen LogP contribution is 2.12. The van der Waals surface area contributed by atoms with Crippen LogP contribution >= 0.6 is 0 Å². The predicted molar refractivity (Wildman–Crippen MR) is 71.0 cm³/mol. The first-order valence-electron chi connectivity index (χ1n) is 6.27. The van der Waals surface area contributed by atoms with E-state index in [9.17, 15) is 13.2 Å². The van der Waals surface area contributed by atoms with E-state index in [2.05, 4.69) is 10.2 Å². The average molecular weight is 277 g/mol. The number of hydrogen-bond acceptors (Lipinski definition) is 5. The van der Waals surface area contributed by atoms with Crippen molar-refractivity contribution < 1.29 is 13.2 Å². The molecule has 0 radical (unpaired) electrons. The quantitative estimate of drug-likeness (QED) is 0.647. The first kappa shape index (κ1) is 15.4. The zero-order valence-corrected chi connectivity index (χ0v) is 11.9. The Morgan fingerprint density at radius 2 is 1.94 bits per heavy atom. The second-order valence-corrected chi connectivity index (χ2v) is 7.27. The number of likely N-dealkylation sites (N-methyl/N-ethyl adjacent to an activating group) is 1. The van der Waals surface area contributed by atoms with Crippen molar-refractivity contribution in [2.75, 3.05) is 37.7 Å². The molecule has 1 heterocycles. The average Bonchev–Trinajstić information content (AvgIpc) is 2.28. The number of nitrogens with zero attached hydrogens (tertiary/aromatic N) is 1. The van der Waals surface area contributed by atoms with Gasteiger partial charge in [-0.05, 0) is 19.9 Å². The minimum atomic E-state index is -2.84. The van der Waals surface area contributed by atoms with Crippen molar-refractivity contribution in [3.05, 3.63) is 0 Å². The number of carbonyl (C=O) groups excluding carboxylic acids is 1. The summed E-state index contributed by atoms with van der Waals surface area (Å²) in [5, 5.41) is 3.09. The normalized spacial score (nSPS) is 23.4. The van der Waals surface area contributed by atoms with E-state index in [1.54, 1.807) is 6.92 Å².